The van der Waals surface area contributed by atoms with Gasteiger partial charge in [-0.05, 0) is 24.3 Å². The number of benzene rings is 1. The summed E-state index contributed by atoms with van der Waals surface area (Å²) >= 11 is 0. The molecule has 14 heavy (non-hydrogen) atoms. The maximum absolute atomic E-state index is 10.2. The van der Waals surface area contributed by atoms with Crippen molar-refractivity contribution in [3.05, 3.63) is 29.8 Å². The monoisotopic (exact) mass is 197 g/mol. The second kappa shape index (κ2) is 5.58. The van der Waals surface area contributed by atoms with Crippen LogP contribution in [0.15, 0.2) is 24.3 Å². The van der Waals surface area contributed by atoms with Gasteiger partial charge in [-0.15, -0.1) is 0 Å². The number of hydrogen-bond acceptors (Lipinski definition) is 3. The molecule has 76 valence electrons. The lowest BCUT2D eigenvalue weighted by Gasteiger charge is -1.92. The second-order valence-electron chi connectivity index (χ2n) is 2.46. The Kier molecular flexibility index (Phi) is 4.77. The number of hydrogen-bond donors (Lipinski definition) is 3. The van der Waals surface area contributed by atoms with E-state index < -0.39 is 5.97 Å². The van der Waals surface area contributed by atoms with Gasteiger partial charge in [-0.1, -0.05) is 0 Å². The molecule has 0 fully saturated rings. The van der Waals surface area contributed by atoms with Gasteiger partial charge in [-0.25, -0.2) is 4.79 Å². The molecule has 0 saturated heterocycles. The molecule has 1 aromatic carbocycles. The van der Waals surface area contributed by atoms with Crippen LogP contribution in [0, 0.1) is 0 Å². The number of carboxylic acids is 1. The molecule has 1 rings (SSSR count). The van der Waals surface area contributed by atoms with E-state index in [2.05, 4.69) is 5.73 Å². The highest BCUT2D eigenvalue weighted by atomic mass is 16.4. The molecule has 0 aromatic heterocycles. The van der Waals surface area contributed by atoms with Crippen LogP contribution in [0.25, 0.3) is 0 Å². The Balaban J connectivity index is 0.000000364. The molecule has 0 aliphatic heterocycles. The molecule has 0 aliphatic rings. The van der Waals surface area contributed by atoms with Crippen LogP contribution >= 0.6 is 0 Å². The first-order chi connectivity index (χ1) is 6.43. The SMILES string of the molecule is CC(N)=O.O=C(O)c1ccc(O)cc1. The van der Waals surface area contributed by atoms with Crippen LogP contribution in [0.1, 0.15) is 17.3 Å². The van der Waals surface area contributed by atoms with Crippen molar-refractivity contribution < 1.29 is 19.8 Å². The third-order valence-electron chi connectivity index (χ3n) is 1.11. The van der Waals surface area contributed by atoms with E-state index in [-0.39, 0.29) is 17.2 Å². The fourth-order valence-electron chi connectivity index (χ4n) is 0.604. The van der Waals surface area contributed by atoms with E-state index in [1.165, 1.54) is 31.2 Å². The standard InChI is InChI=1S/C7H6O3.C2H5NO/c8-6-3-1-5(2-4-6)7(9)10;1-2(3)4/h1-4,8H,(H,9,10);1H3,(H2,3,4). The van der Waals surface area contributed by atoms with Gasteiger partial charge in [-0.3, -0.25) is 4.79 Å². The molecule has 0 bridgehead atoms. The van der Waals surface area contributed by atoms with Gasteiger partial charge in [0.15, 0.2) is 0 Å². The Morgan fingerprint density at radius 2 is 1.57 bits per heavy atom. The zero-order valence-corrected chi connectivity index (χ0v) is 7.60. The summed E-state index contributed by atoms with van der Waals surface area (Å²) in [6.07, 6.45) is 0. The topological polar surface area (TPSA) is 101 Å². The minimum atomic E-state index is -0.986. The minimum absolute atomic E-state index is 0.0741. The number of amides is 1. The van der Waals surface area contributed by atoms with Crippen LogP contribution < -0.4 is 5.73 Å². The summed E-state index contributed by atoms with van der Waals surface area (Å²) < 4.78 is 0. The van der Waals surface area contributed by atoms with E-state index in [4.69, 9.17) is 10.2 Å². The van der Waals surface area contributed by atoms with Gasteiger partial charge in [0.25, 0.3) is 0 Å². The maximum Gasteiger partial charge on any atom is 0.335 e. The van der Waals surface area contributed by atoms with Crippen LogP contribution in [0.5, 0.6) is 5.75 Å². The summed E-state index contributed by atoms with van der Waals surface area (Å²) in [6, 6.07) is 5.36. The second-order valence-corrected chi connectivity index (χ2v) is 2.46. The number of rotatable bonds is 1. The van der Waals surface area contributed by atoms with Gasteiger partial charge in [0.1, 0.15) is 5.75 Å². The first kappa shape index (κ1) is 12.0. The Hall–Kier alpha value is -2.04. The van der Waals surface area contributed by atoms with Crippen LogP contribution in [-0.2, 0) is 4.79 Å². The maximum atomic E-state index is 10.2. The van der Waals surface area contributed by atoms with Crippen molar-refractivity contribution in [2.75, 3.05) is 0 Å². The number of nitrogens with two attached hydrogens (primary N) is 1. The molecule has 0 spiro atoms. The summed E-state index contributed by atoms with van der Waals surface area (Å²) in [4.78, 5) is 19.5. The van der Waals surface area contributed by atoms with Gasteiger partial charge in [0, 0.05) is 6.92 Å². The third-order valence-corrected chi connectivity index (χ3v) is 1.11. The molecular weight excluding hydrogens is 186 g/mol. The number of aromatic hydroxyl groups is 1. The van der Waals surface area contributed by atoms with E-state index in [1.54, 1.807) is 0 Å². The molecule has 5 heteroatoms. The van der Waals surface area contributed by atoms with Crippen molar-refractivity contribution in [3.8, 4) is 5.75 Å². The van der Waals surface area contributed by atoms with Gasteiger partial charge < -0.3 is 15.9 Å². The quantitative estimate of drug-likeness (QED) is 0.613. The molecular formula is C9H11NO4. The Morgan fingerprint density at radius 1 is 1.21 bits per heavy atom. The largest absolute Gasteiger partial charge is 0.508 e. The average molecular weight is 197 g/mol. The van der Waals surface area contributed by atoms with E-state index in [9.17, 15) is 9.59 Å². The average Bonchev–Trinajstić information content (AvgIpc) is 2.03. The number of carboxylic acid groups (broad SMARTS) is 1. The number of aromatic carboxylic acids is 1. The fraction of sp³-hybridized carbons (Fsp3) is 0.111. The summed E-state index contributed by atoms with van der Waals surface area (Å²) in [6.45, 7) is 1.31. The van der Waals surface area contributed by atoms with Gasteiger partial charge >= 0.3 is 5.97 Å². The summed E-state index contributed by atoms with van der Waals surface area (Å²) in [5.74, 6) is -1.25. The van der Waals surface area contributed by atoms with Crippen LogP contribution in [0.4, 0.5) is 0 Å². The van der Waals surface area contributed by atoms with Crippen molar-refractivity contribution in [3.63, 3.8) is 0 Å². The highest BCUT2D eigenvalue weighted by molar-refractivity contribution is 5.87. The first-order valence-electron chi connectivity index (χ1n) is 3.72. The minimum Gasteiger partial charge on any atom is -0.508 e. The van der Waals surface area contributed by atoms with Crippen molar-refractivity contribution in [1.29, 1.82) is 0 Å². The van der Waals surface area contributed by atoms with E-state index in [0.717, 1.165) is 0 Å². The number of carbonyl (C=O) groups is 2. The Morgan fingerprint density at radius 3 is 1.86 bits per heavy atom. The molecule has 5 nitrogen and oxygen atoms in total. The lowest BCUT2D eigenvalue weighted by molar-refractivity contribution is -0.115. The van der Waals surface area contributed by atoms with E-state index >= 15 is 0 Å². The number of phenolic OH excluding ortho intramolecular Hbond substituents is 1. The van der Waals surface area contributed by atoms with Gasteiger partial charge in [-0.2, -0.15) is 0 Å². The van der Waals surface area contributed by atoms with E-state index in [0.29, 0.717) is 0 Å². The van der Waals surface area contributed by atoms with Gasteiger partial charge in [0.2, 0.25) is 5.91 Å². The summed E-state index contributed by atoms with van der Waals surface area (Å²) in [5, 5.41) is 17.1. The molecule has 0 saturated carbocycles. The van der Waals surface area contributed by atoms with Crippen molar-refractivity contribution in [1.82, 2.24) is 0 Å². The third kappa shape index (κ3) is 5.59. The fourth-order valence-corrected chi connectivity index (χ4v) is 0.604. The number of primary amides is 1. The molecule has 1 amide bonds. The highest BCUT2D eigenvalue weighted by Crippen LogP contribution is 2.08. The Bertz CT molecular complexity index is 314. The zero-order chi connectivity index (χ0) is 11.1. The molecule has 0 atom stereocenters. The van der Waals surface area contributed by atoms with Crippen LogP contribution in [-0.4, -0.2) is 22.1 Å². The predicted octanol–water partition coefficient (Wildman–Crippen LogP) is 0.582. The predicted molar refractivity (Wildman–Crippen MR) is 49.9 cm³/mol. The smallest absolute Gasteiger partial charge is 0.335 e. The highest BCUT2D eigenvalue weighted by Gasteiger charge is 1.99. The number of phenols is 1. The summed E-state index contributed by atoms with van der Waals surface area (Å²) in [7, 11) is 0. The number of carbonyl (C=O) groups excluding carboxylic acids is 1. The molecule has 0 aliphatic carbocycles. The molecule has 4 N–H and O–H groups in total. The van der Waals surface area contributed by atoms with Crippen molar-refractivity contribution in [2.45, 2.75) is 6.92 Å². The molecule has 0 heterocycles. The lowest BCUT2D eigenvalue weighted by atomic mass is 10.2. The lowest BCUT2D eigenvalue weighted by Crippen LogP contribution is -2.01. The van der Waals surface area contributed by atoms with E-state index in [1.807, 2.05) is 0 Å². The van der Waals surface area contributed by atoms with Crippen LogP contribution in [0.3, 0.4) is 0 Å². The van der Waals surface area contributed by atoms with Crippen molar-refractivity contribution >= 4 is 11.9 Å². The van der Waals surface area contributed by atoms with Crippen LogP contribution in [0.2, 0.25) is 0 Å². The zero-order valence-electron chi connectivity index (χ0n) is 7.60. The molecule has 1 aromatic rings. The summed E-state index contributed by atoms with van der Waals surface area (Å²) in [5.41, 5.74) is 4.65. The first-order valence-corrected chi connectivity index (χ1v) is 3.72. The normalized spacial score (nSPS) is 8.36. The van der Waals surface area contributed by atoms with Gasteiger partial charge in [0.05, 0.1) is 5.56 Å². The van der Waals surface area contributed by atoms with Crippen molar-refractivity contribution in [2.24, 2.45) is 5.73 Å². The molecule has 0 radical (unpaired) electrons. The molecule has 0 unspecified atom stereocenters. The Labute approximate surface area is 80.8 Å².